The molecule has 5 atom stereocenters. The monoisotopic (exact) mass is 358 g/mol. The average molecular weight is 359 g/mol. The van der Waals surface area contributed by atoms with E-state index in [0.29, 0.717) is 17.6 Å². The lowest BCUT2D eigenvalue weighted by Crippen LogP contribution is -2.32. The molecular weight excluding hydrogens is 320 g/mol. The van der Waals surface area contributed by atoms with E-state index in [1.54, 1.807) is 0 Å². The lowest BCUT2D eigenvalue weighted by molar-refractivity contribution is 0.109. The maximum atomic E-state index is 6.13. The molecule has 0 amide bonds. The second kappa shape index (κ2) is 7.92. The first-order valence-electron chi connectivity index (χ1n) is 10.3. The van der Waals surface area contributed by atoms with Crippen molar-refractivity contribution in [3.63, 3.8) is 0 Å². The van der Waals surface area contributed by atoms with Crippen molar-refractivity contribution in [3.8, 4) is 5.75 Å². The van der Waals surface area contributed by atoms with Gasteiger partial charge in [-0.3, -0.25) is 0 Å². The van der Waals surface area contributed by atoms with Crippen molar-refractivity contribution in [2.75, 3.05) is 6.61 Å². The van der Waals surface area contributed by atoms with Gasteiger partial charge in [0.15, 0.2) is 0 Å². The Hall–Kier alpha value is -1.02. The summed E-state index contributed by atoms with van der Waals surface area (Å²) in [6.07, 6.45) is 10.3. The molecule has 0 N–H and O–H groups in total. The highest BCUT2D eigenvalue weighted by molar-refractivity contribution is 5.27. The van der Waals surface area contributed by atoms with Crippen LogP contribution in [-0.4, -0.2) is 18.8 Å². The van der Waals surface area contributed by atoms with Crippen molar-refractivity contribution in [3.05, 3.63) is 29.8 Å². The molecule has 3 fully saturated rings. The molecule has 1 heterocycles. The molecule has 1 aromatic carbocycles. The van der Waals surface area contributed by atoms with Crippen molar-refractivity contribution in [2.24, 2.45) is 23.2 Å². The summed E-state index contributed by atoms with van der Waals surface area (Å²) in [5.41, 5.74) is 1.82. The number of benzene rings is 1. The van der Waals surface area contributed by atoms with E-state index in [9.17, 15) is 0 Å². The predicted octanol–water partition coefficient (Wildman–Crippen LogP) is 6.27. The van der Waals surface area contributed by atoms with E-state index >= 15 is 0 Å². The summed E-state index contributed by atoms with van der Waals surface area (Å²) < 4.78 is 11.9. The average Bonchev–Trinajstić information content (AvgIpc) is 3.34. The summed E-state index contributed by atoms with van der Waals surface area (Å²) in [6.45, 7) is 7.81. The van der Waals surface area contributed by atoms with Gasteiger partial charge >= 0.3 is 0 Å². The van der Waals surface area contributed by atoms with Crippen LogP contribution < -0.4 is 4.74 Å². The third kappa shape index (κ3) is 5.03. The van der Waals surface area contributed by atoms with Crippen LogP contribution in [0.4, 0.5) is 0 Å². The number of rotatable bonds is 5. The van der Waals surface area contributed by atoms with Gasteiger partial charge in [0.1, 0.15) is 5.75 Å². The largest absolute Gasteiger partial charge is 0.493 e. The Kier molecular flexibility index (Phi) is 6.01. The van der Waals surface area contributed by atoms with Gasteiger partial charge in [-0.1, -0.05) is 40.3 Å². The van der Waals surface area contributed by atoms with Crippen LogP contribution in [0.2, 0.25) is 0 Å². The minimum atomic E-state index is 0. The molecule has 2 aliphatic carbocycles. The molecular formula is C24H38O2. The summed E-state index contributed by atoms with van der Waals surface area (Å²) in [7, 11) is 0. The maximum Gasteiger partial charge on any atom is 0.119 e. The fraction of sp³-hybridized carbons (Fsp3) is 0.750. The molecule has 2 nitrogen and oxygen atoms in total. The van der Waals surface area contributed by atoms with Crippen LogP contribution in [-0.2, 0) is 11.2 Å². The number of hydrogen-bond donors (Lipinski definition) is 0. The Morgan fingerprint density at radius 2 is 1.65 bits per heavy atom. The number of ether oxygens (including phenoxy) is 2. The molecule has 0 radical (unpaired) electrons. The van der Waals surface area contributed by atoms with Gasteiger partial charge in [0.25, 0.3) is 0 Å². The third-order valence-electron chi connectivity index (χ3n) is 6.58. The molecule has 1 aromatic rings. The normalized spacial score (nSPS) is 32.8. The maximum absolute atomic E-state index is 6.13. The molecule has 5 unspecified atom stereocenters. The first-order valence-corrected chi connectivity index (χ1v) is 10.3. The minimum Gasteiger partial charge on any atom is -0.493 e. The van der Waals surface area contributed by atoms with Gasteiger partial charge < -0.3 is 9.47 Å². The van der Waals surface area contributed by atoms with Crippen LogP contribution in [0.3, 0.4) is 0 Å². The molecule has 146 valence electrons. The van der Waals surface area contributed by atoms with E-state index in [1.807, 2.05) is 0 Å². The third-order valence-corrected chi connectivity index (χ3v) is 6.58. The van der Waals surface area contributed by atoms with Crippen LogP contribution in [0.1, 0.15) is 72.3 Å². The predicted molar refractivity (Wildman–Crippen MR) is 109 cm³/mol. The van der Waals surface area contributed by atoms with Gasteiger partial charge in [-0.2, -0.15) is 0 Å². The van der Waals surface area contributed by atoms with E-state index in [2.05, 4.69) is 45.0 Å². The van der Waals surface area contributed by atoms with E-state index in [-0.39, 0.29) is 7.43 Å². The summed E-state index contributed by atoms with van der Waals surface area (Å²) in [4.78, 5) is 0. The highest BCUT2D eigenvalue weighted by Crippen LogP contribution is 2.49. The summed E-state index contributed by atoms with van der Waals surface area (Å²) in [6, 6.07) is 8.80. The smallest absolute Gasteiger partial charge is 0.119 e. The second-order valence-corrected chi connectivity index (χ2v) is 9.90. The van der Waals surface area contributed by atoms with Crippen molar-refractivity contribution in [2.45, 2.75) is 85.4 Å². The molecule has 2 heteroatoms. The minimum absolute atomic E-state index is 0. The van der Waals surface area contributed by atoms with E-state index < -0.39 is 0 Å². The number of hydrogen-bond acceptors (Lipinski definition) is 2. The van der Waals surface area contributed by atoms with Crippen LogP contribution in [0.5, 0.6) is 5.75 Å². The molecule has 2 saturated carbocycles. The Bertz CT molecular complexity index is 571. The summed E-state index contributed by atoms with van der Waals surface area (Å²) in [5.74, 6) is 3.60. The van der Waals surface area contributed by atoms with Gasteiger partial charge in [0.05, 0.1) is 18.8 Å². The number of fused-ring (bicyclic) bond motifs is 2. The van der Waals surface area contributed by atoms with Gasteiger partial charge in [-0.25, -0.2) is 0 Å². The summed E-state index contributed by atoms with van der Waals surface area (Å²) >= 11 is 0. The molecule has 1 saturated heterocycles. The Labute approximate surface area is 160 Å². The summed E-state index contributed by atoms with van der Waals surface area (Å²) in [5, 5.41) is 0. The lowest BCUT2D eigenvalue weighted by atomic mass is 9.68. The van der Waals surface area contributed by atoms with Gasteiger partial charge in [0, 0.05) is 0 Å². The Balaban J connectivity index is 0.00000196. The second-order valence-electron chi connectivity index (χ2n) is 9.90. The molecule has 3 aliphatic rings. The van der Waals surface area contributed by atoms with Crippen molar-refractivity contribution >= 4 is 0 Å². The Morgan fingerprint density at radius 1 is 0.962 bits per heavy atom. The standard InChI is InChI=1S/C23H34O2.CH4/c1-23(2,3)11-10-16-5-8-20(9-6-16)24-15-17-4-7-18-13-21-22(25-21)14-19(18)12-17;/h5-6,8-9,17-19,21-22H,4,7,10-15H2,1-3H3;1H4. The van der Waals surface area contributed by atoms with Crippen LogP contribution >= 0.6 is 0 Å². The molecule has 0 spiro atoms. The first kappa shape index (κ1) is 19.7. The SMILES string of the molecule is C.CC(C)(C)CCc1ccc(OCC2CCC3CC4OC4CC3C2)cc1. The van der Waals surface area contributed by atoms with E-state index in [0.717, 1.165) is 36.5 Å². The van der Waals surface area contributed by atoms with Crippen LogP contribution in [0.25, 0.3) is 0 Å². The first-order chi connectivity index (χ1) is 12.0. The zero-order valence-electron chi connectivity index (χ0n) is 16.2. The van der Waals surface area contributed by atoms with E-state index in [1.165, 1.54) is 44.1 Å². The zero-order valence-corrected chi connectivity index (χ0v) is 16.2. The fourth-order valence-corrected chi connectivity index (χ4v) is 4.85. The Morgan fingerprint density at radius 3 is 2.35 bits per heavy atom. The zero-order chi connectivity index (χ0) is 17.4. The van der Waals surface area contributed by atoms with Gasteiger partial charge in [-0.15, -0.1) is 0 Å². The molecule has 0 bridgehead atoms. The lowest BCUT2D eigenvalue weighted by Gasteiger charge is -2.37. The topological polar surface area (TPSA) is 21.8 Å². The van der Waals surface area contributed by atoms with E-state index in [4.69, 9.17) is 9.47 Å². The highest BCUT2D eigenvalue weighted by atomic mass is 16.6. The van der Waals surface area contributed by atoms with Crippen LogP contribution in [0, 0.1) is 23.2 Å². The highest BCUT2D eigenvalue weighted by Gasteiger charge is 2.49. The molecule has 0 aromatic heterocycles. The van der Waals surface area contributed by atoms with Crippen molar-refractivity contribution in [1.29, 1.82) is 0 Å². The molecule has 4 rings (SSSR count). The fourth-order valence-electron chi connectivity index (χ4n) is 4.85. The van der Waals surface area contributed by atoms with Gasteiger partial charge in [0.2, 0.25) is 0 Å². The number of epoxide rings is 1. The van der Waals surface area contributed by atoms with Crippen LogP contribution in [0.15, 0.2) is 24.3 Å². The van der Waals surface area contributed by atoms with Gasteiger partial charge in [-0.05, 0) is 85.8 Å². The number of aryl methyl sites for hydroxylation is 1. The molecule has 26 heavy (non-hydrogen) atoms. The van der Waals surface area contributed by atoms with Crippen molar-refractivity contribution in [1.82, 2.24) is 0 Å². The quantitative estimate of drug-likeness (QED) is 0.578. The van der Waals surface area contributed by atoms with Crippen molar-refractivity contribution < 1.29 is 9.47 Å². The molecule has 1 aliphatic heterocycles.